The Balaban J connectivity index is 1.52. The molecule has 0 spiro atoms. The molecule has 2 heterocycles. The third-order valence-corrected chi connectivity index (χ3v) is 8.93. The first kappa shape index (κ1) is 24.2. The van der Waals surface area contributed by atoms with Crippen LogP contribution in [0.1, 0.15) is 55.6 Å². The molecule has 1 aliphatic rings. The van der Waals surface area contributed by atoms with Gasteiger partial charge in [-0.2, -0.15) is 0 Å². The van der Waals surface area contributed by atoms with Crippen molar-refractivity contribution in [1.82, 2.24) is 4.98 Å². The van der Waals surface area contributed by atoms with Crippen LogP contribution < -0.4 is 4.74 Å². The first-order valence-corrected chi connectivity index (χ1v) is 13.1. The molecule has 0 radical (unpaired) electrons. The van der Waals surface area contributed by atoms with Gasteiger partial charge < -0.3 is 19.7 Å². The van der Waals surface area contributed by atoms with Gasteiger partial charge in [-0.3, -0.25) is 0 Å². The van der Waals surface area contributed by atoms with Crippen LogP contribution in [-0.4, -0.2) is 34.5 Å². The zero-order valence-electron chi connectivity index (χ0n) is 20.8. The number of benzene rings is 2. The number of aliphatic hydroxyl groups excluding tert-OH is 1. The average molecular weight is 492 g/mol. The zero-order valence-corrected chi connectivity index (χ0v) is 21.6. The highest BCUT2D eigenvalue weighted by atomic mass is 32.1. The van der Waals surface area contributed by atoms with Crippen LogP contribution in [0.15, 0.2) is 42.5 Å². The summed E-state index contributed by atoms with van der Waals surface area (Å²) in [5.74, 6) is 1.10. The highest BCUT2D eigenvalue weighted by Gasteiger charge is 2.31. The van der Waals surface area contributed by atoms with Gasteiger partial charge in [-0.15, -0.1) is 11.3 Å². The van der Waals surface area contributed by atoms with Crippen molar-refractivity contribution in [2.45, 2.75) is 58.3 Å². The molecule has 0 atom stereocenters. The fraction of sp³-hybridized carbons (Fsp3) is 0.414. The summed E-state index contributed by atoms with van der Waals surface area (Å²) in [6.07, 6.45) is 2.52. The number of thiophene rings is 1. The summed E-state index contributed by atoms with van der Waals surface area (Å²) in [6.45, 7) is 6.87. The number of aryl methyl sites for hydroxylation is 2. The maximum atomic E-state index is 10.4. The molecule has 0 amide bonds. The van der Waals surface area contributed by atoms with E-state index in [1.807, 2.05) is 37.3 Å². The predicted molar refractivity (Wildman–Crippen MR) is 142 cm³/mol. The van der Waals surface area contributed by atoms with Crippen LogP contribution in [0.2, 0.25) is 0 Å². The second kappa shape index (κ2) is 9.51. The van der Waals surface area contributed by atoms with Gasteiger partial charge in [0.2, 0.25) is 0 Å². The summed E-state index contributed by atoms with van der Waals surface area (Å²) in [5.41, 5.74) is 4.02. The molecule has 1 fully saturated rings. The quantitative estimate of drug-likeness (QED) is 0.294. The summed E-state index contributed by atoms with van der Waals surface area (Å²) >= 11 is 1.68. The van der Waals surface area contributed by atoms with Gasteiger partial charge in [-0.25, -0.2) is 4.98 Å². The van der Waals surface area contributed by atoms with E-state index in [1.54, 1.807) is 18.4 Å². The minimum atomic E-state index is -1.63. The lowest BCUT2D eigenvalue weighted by Gasteiger charge is -2.36. The molecular weight excluding hydrogens is 458 g/mol. The summed E-state index contributed by atoms with van der Waals surface area (Å²) in [7, 11) is 1.79. The first-order valence-electron chi connectivity index (χ1n) is 12.3. The number of pyridine rings is 1. The van der Waals surface area contributed by atoms with E-state index >= 15 is 0 Å². The fourth-order valence-electron chi connectivity index (χ4n) is 5.20. The van der Waals surface area contributed by atoms with E-state index in [2.05, 4.69) is 26.0 Å². The topological polar surface area (TPSA) is 71.8 Å². The maximum absolute atomic E-state index is 10.4. The number of methoxy groups -OCH3 is 1. The molecule has 6 heteroatoms. The third-order valence-electron chi connectivity index (χ3n) is 7.64. The summed E-state index contributed by atoms with van der Waals surface area (Å²) in [6, 6.07) is 14.0. The molecule has 0 bridgehead atoms. The summed E-state index contributed by atoms with van der Waals surface area (Å²) in [4.78, 5) is 6.07. The van der Waals surface area contributed by atoms with Crippen LogP contribution in [-0.2, 0) is 4.74 Å². The highest BCUT2D eigenvalue weighted by Crippen LogP contribution is 2.41. The predicted octanol–water partition coefficient (Wildman–Crippen LogP) is 6.69. The third kappa shape index (κ3) is 4.56. The van der Waals surface area contributed by atoms with Gasteiger partial charge in [0, 0.05) is 17.4 Å². The number of aromatic nitrogens is 1. The molecule has 5 nitrogen and oxygen atoms in total. The van der Waals surface area contributed by atoms with E-state index in [-0.39, 0.29) is 5.60 Å². The van der Waals surface area contributed by atoms with Gasteiger partial charge in [0.15, 0.2) is 6.29 Å². The molecule has 2 aromatic carbocycles. The van der Waals surface area contributed by atoms with Crippen molar-refractivity contribution < 1.29 is 19.7 Å². The van der Waals surface area contributed by atoms with Crippen LogP contribution >= 0.6 is 11.3 Å². The molecule has 0 saturated heterocycles. The Hall–Kier alpha value is -2.51. The number of aliphatic hydroxyl groups is 2. The van der Waals surface area contributed by atoms with Crippen molar-refractivity contribution in [3.8, 4) is 16.3 Å². The van der Waals surface area contributed by atoms with Gasteiger partial charge in [-0.05, 0) is 87.1 Å². The van der Waals surface area contributed by atoms with Crippen molar-refractivity contribution in [3.05, 3.63) is 59.2 Å². The van der Waals surface area contributed by atoms with Crippen molar-refractivity contribution in [2.24, 2.45) is 5.92 Å². The van der Waals surface area contributed by atoms with E-state index in [1.165, 1.54) is 10.1 Å². The Labute approximate surface area is 210 Å². The fourth-order valence-corrected chi connectivity index (χ4v) is 6.37. The molecule has 4 aromatic rings. The number of rotatable bonds is 6. The summed E-state index contributed by atoms with van der Waals surface area (Å²) < 4.78 is 13.2. The van der Waals surface area contributed by atoms with Crippen LogP contribution in [0.4, 0.5) is 0 Å². The normalized spacial score (nSPS) is 20.7. The lowest BCUT2D eigenvalue weighted by Crippen LogP contribution is -2.34. The van der Waals surface area contributed by atoms with Crippen LogP contribution in [0.5, 0.6) is 5.75 Å². The molecule has 0 aliphatic heterocycles. The Kier molecular flexibility index (Phi) is 6.57. The van der Waals surface area contributed by atoms with E-state index in [9.17, 15) is 10.2 Å². The maximum Gasteiger partial charge on any atom is 0.179 e. The van der Waals surface area contributed by atoms with Crippen molar-refractivity contribution >= 4 is 32.3 Å². The molecule has 1 aliphatic carbocycles. The summed E-state index contributed by atoms with van der Waals surface area (Å²) in [5, 5.41) is 22.6. The van der Waals surface area contributed by atoms with Gasteiger partial charge in [0.05, 0.1) is 33.7 Å². The minimum absolute atomic E-state index is 0.0354. The second-order valence-corrected chi connectivity index (χ2v) is 11.1. The number of nitrogens with zero attached hydrogens (tertiary/aromatic N) is 1. The number of ether oxygens (including phenoxy) is 2. The highest BCUT2D eigenvalue weighted by molar-refractivity contribution is 7.22. The number of hydrogen-bond donors (Lipinski definition) is 2. The van der Waals surface area contributed by atoms with Gasteiger partial charge in [0.1, 0.15) is 5.75 Å². The van der Waals surface area contributed by atoms with Crippen molar-refractivity contribution in [3.63, 3.8) is 0 Å². The molecule has 184 valence electrons. The number of fused-ring (bicyclic) bond motifs is 2. The van der Waals surface area contributed by atoms with E-state index < -0.39 is 6.29 Å². The van der Waals surface area contributed by atoms with Gasteiger partial charge in [-0.1, -0.05) is 24.3 Å². The Bertz CT molecular complexity index is 1370. The lowest BCUT2D eigenvalue weighted by atomic mass is 9.80. The molecular formula is C29H33NO4S. The standard InChI is InChI=1S/C29H33NO4S/c1-17-9-10-23(34-16-19-11-13-29(3,33-4)14-12-19)25-21(28(31)32)15-22(30-26(17)25)27-18(2)20-7-5-6-8-24(20)35-27/h5-10,15,19,28,31-32H,11-14,16H2,1-4H3/t19-,29-. The van der Waals surface area contributed by atoms with Crippen molar-refractivity contribution in [1.29, 1.82) is 0 Å². The van der Waals surface area contributed by atoms with Crippen LogP contribution in [0.3, 0.4) is 0 Å². The van der Waals surface area contributed by atoms with Crippen molar-refractivity contribution in [2.75, 3.05) is 13.7 Å². The van der Waals surface area contributed by atoms with Gasteiger partial charge in [0.25, 0.3) is 0 Å². The van der Waals surface area contributed by atoms with E-state index in [4.69, 9.17) is 14.5 Å². The molecule has 35 heavy (non-hydrogen) atoms. The zero-order chi connectivity index (χ0) is 24.7. The smallest absolute Gasteiger partial charge is 0.179 e. The van der Waals surface area contributed by atoms with E-state index in [0.29, 0.717) is 29.2 Å². The Morgan fingerprint density at radius 1 is 1.11 bits per heavy atom. The largest absolute Gasteiger partial charge is 0.493 e. The molecule has 2 N–H and O–H groups in total. The van der Waals surface area contributed by atoms with Gasteiger partial charge >= 0.3 is 0 Å². The minimum Gasteiger partial charge on any atom is -0.493 e. The Morgan fingerprint density at radius 3 is 2.54 bits per heavy atom. The molecule has 0 unspecified atom stereocenters. The van der Waals surface area contributed by atoms with E-state index in [0.717, 1.165) is 52.9 Å². The average Bonchev–Trinajstić information content (AvgIpc) is 3.20. The lowest BCUT2D eigenvalue weighted by molar-refractivity contribution is -0.0417. The molecule has 2 aromatic heterocycles. The second-order valence-electron chi connectivity index (χ2n) is 10.0. The number of hydrogen-bond acceptors (Lipinski definition) is 6. The first-order chi connectivity index (χ1) is 16.8. The molecule has 5 rings (SSSR count). The molecule has 1 saturated carbocycles. The van der Waals surface area contributed by atoms with Crippen LogP contribution in [0.25, 0.3) is 31.6 Å². The SMILES string of the molecule is CO[C@]1(C)CC[C@@H](COc2ccc(C)c3nc(-c4sc5ccccc5c4C)cc(C(O)O)c23)CC1. The van der Waals surface area contributed by atoms with Crippen LogP contribution in [0, 0.1) is 19.8 Å². The monoisotopic (exact) mass is 491 g/mol. The Morgan fingerprint density at radius 2 is 1.86 bits per heavy atom.